The van der Waals surface area contributed by atoms with Gasteiger partial charge in [0.25, 0.3) is 0 Å². The number of benzene rings is 1. The lowest BCUT2D eigenvalue weighted by Gasteiger charge is -2.29. The lowest BCUT2D eigenvalue weighted by Crippen LogP contribution is -2.36. The maximum atomic E-state index is 7.22. The van der Waals surface area contributed by atoms with Crippen molar-refractivity contribution >= 4 is 16.6 Å². The van der Waals surface area contributed by atoms with E-state index in [9.17, 15) is 0 Å². The summed E-state index contributed by atoms with van der Waals surface area (Å²) < 4.78 is 0. The van der Waals surface area contributed by atoms with Crippen LogP contribution < -0.4 is 0 Å². The van der Waals surface area contributed by atoms with Crippen molar-refractivity contribution in [3.05, 3.63) is 41.4 Å². The van der Waals surface area contributed by atoms with Gasteiger partial charge >= 0.3 is 0 Å². The average Bonchev–Trinajstić information content (AvgIpc) is 3.27. The summed E-state index contributed by atoms with van der Waals surface area (Å²) in [6, 6.07) is 6.78. The predicted molar refractivity (Wildman–Crippen MR) is 90.2 cm³/mol. The third kappa shape index (κ3) is 2.42. The Morgan fingerprint density at radius 2 is 2.05 bits per heavy atom. The normalized spacial score (nSPS) is 25.8. The van der Waals surface area contributed by atoms with Crippen LogP contribution in [0.5, 0.6) is 0 Å². The zero-order valence-corrected chi connectivity index (χ0v) is 13.0. The second-order valence-electron chi connectivity index (χ2n) is 6.86. The number of fused-ring (bicyclic) bond motifs is 1. The molecule has 3 nitrogen and oxygen atoms in total. The zero-order chi connectivity index (χ0) is 14.9. The molecule has 0 bridgehead atoms. The average molecular weight is 293 g/mol. The second-order valence-corrected chi connectivity index (χ2v) is 6.86. The van der Waals surface area contributed by atoms with E-state index >= 15 is 0 Å². The minimum absolute atomic E-state index is 0.746. The van der Waals surface area contributed by atoms with Gasteiger partial charge in [0.05, 0.1) is 6.57 Å². The molecule has 1 saturated carbocycles. The van der Waals surface area contributed by atoms with E-state index in [1.807, 2.05) is 18.2 Å². The fourth-order valence-electron chi connectivity index (χ4n) is 4.50. The van der Waals surface area contributed by atoms with E-state index in [4.69, 9.17) is 6.57 Å². The first-order chi connectivity index (χ1) is 10.8. The van der Waals surface area contributed by atoms with Crippen molar-refractivity contribution in [2.24, 2.45) is 5.92 Å². The smallest absolute Gasteiger partial charge is 0.187 e. The molecule has 1 N–H and O–H groups in total. The predicted octanol–water partition coefficient (Wildman–Crippen LogP) is 4.53. The van der Waals surface area contributed by atoms with E-state index in [0.717, 1.165) is 29.6 Å². The highest BCUT2D eigenvalue weighted by Crippen LogP contribution is 2.36. The van der Waals surface area contributed by atoms with Gasteiger partial charge in [-0.2, -0.15) is 0 Å². The van der Waals surface area contributed by atoms with Crippen LogP contribution in [0.2, 0.25) is 0 Å². The summed E-state index contributed by atoms with van der Waals surface area (Å²) in [6.07, 6.45) is 10.2. The van der Waals surface area contributed by atoms with Gasteiger partial charge in [0, 0.05) is 17.8 Å². The molecular formula is C19H23N3. The van der Waals surface area contributed by atoms with Crippen molar-refractivity contribution in [2.45, 2.75) is 44.6 Å². The summed E-state index contributed by atoms with van der Waals surface area (Å²) >= 11 is 0. The van der Waals surface area contributed by atoms with Gasteiger partial charge in [0.15, 0.2) is 5.69 Å². The number of rotatable bonds is 3. The largest absolute Gasteiger partial charge is 0.361 e. The number of likely N-dealkylation sites (tertiary alicyclic amines) is 1. The fraction of sp³-hybridized carbons (Fsp3) is 0.526. The Bertz CT molecular complexity index is 703. The molecule has 2 unspecified atom stereocenters. The van der Waals surface area contributed by atoms with Gasteiger partial charge < -0.3 is 9.88 Å². The first kappa shape index (κ1) is 13.8. The van der Waals surface area contributed by atoms with Gasteiger partial charge in [-0.05, 0) is 74.2 Å². The number of aromatic nitrogens is 1. The van der Waals surface area contributed by atoms with Crippen LogP contribution >= 0.6 is 0 Å². The number of nitrogens with one attached hydrogen (secondary N) is 1. The van der Waals surface area contributed by atoms with E-state index < -0.39 is 0 Å². The molecule has 2 aromatic rings. The molecule has 114 valence electrons. The molecule has 1 aromatic carbocycles. The minimum atomic E-state index is 0.746. The summed E-state index contributed by atoms with van der Waals surface area (Å²) in [6.45, 7) is 9.82. The van der Waals surface area contributed by atoms with Crippen molar-refractivity contribution in [1.29, 1.82) is 0 Å². The van der Waals surface area contributed by atoms with E-state index in [-0.39, 0.29) is 0 Å². The summed E-state index contributed by atoms with van der Waals surface area (Å²) in [5, 5.41) is 1.25. The highest BCUT2D eigenvalue weighted by Gasteiger charge is 2.33. The van der Waals surface area contributed by atoms with Crippen LogP contribution in [0.3, 0.4) is 0 Å². The van der Waals surface area contributed by atoms with Crippen LogP contribution in [-0.2, 0) is 6.42 Å². The molecule has 0 radical (unpaired) electrons. The molecular weight excluding hydrogens is 270 g/mol. The highest BCUT2D eigenvalue weighted by molar-refractivity contribution is 5.86. The van der Waals surface area contributed by atoms with E-state index in [0.29, 0.717) is 0 Å². The molecule has 3 heteroatoms. The monoisotopic (exact) mass is 293 g/mol. The number of H-pyrrole nitrogens is 1. The summed E-state index contributed by atoms with van der Waals surface area (Å²) in [7, 11) is 0. The number of aromatic amines is 1. The van der Waals surface area contributed by atoms with Crippen LogP contribution in [0.4, 0.5) is 5.69 Å². The van der Waals surface area contributed by atoms with Gasteiger partial charge in [0.1, 0.15) is 0 Å². The Morgan fingerprint density at radius 3 is 2.86 bits per heavy atom. The molecule has 0 amide bonds. The molecule has 2 fully saturated rings. The van der Waals surface area contributed by atoms with Crippen LogP contribution in [0.1, 0.15) is 37.7 Å². The topological polar surface area (TPSA) is 23.4 Å². The molecule has 4 rings (SSSR count). The number of hydrogen-bond donors (Lipinski definition) is 1. The maximum absolute atomic E-state index is 7.22. The van der Waals surface area contributed by atoms with Gasteiger partial charge in [-0.3, -0.25) is 0 Å². The Balaban J connectivity index is 1.58. The van der Waals surface area contributed by atoms with E-state index in [1.54, 1.807) is 0 Å². The molecule has 1 aromatic heterocycles. The third-order valence-corrected chi connectivity index (χ3v) is 5.59. The zero-order valence-electron chi connectivity index (χ0n) is 13.0. The van der Waals surface area contributed by atoms with Gasteiger partial charge in [-0.1, -0.05) is 12.5 Å². The van der Waals surface area contributed by atoms with Crippen molar-refractivity contribution in [2.75, 3.05) is 13.1 Å². The van der Waals surface area contributed by atoms with Crippen molar-refractivity contribution in [3.63, 3.8) is 0 Å². The molecule has 1 aliphatic carbocycles. The number of nitrogens with zero attached hydrogens (tertiary/aromatic N) is 2. The van der Waals surface area contributed by atoms with Crippen molar-refractivity contribution < 1.29 is 0 Å². The molecule has 22 heavy (non-hydrogen) atoms. The van der Waals surface area contributed by atoms with Crippen molar-refractivity contribution in [3.8, 4) is 0 Å². The lowest BCUT2D eigenvalue weighted by atomic mass is 9.93. The summed E-state index contributed by atoms with van der Waals surface area (Å²) in [4.78, 5) is 9.69. The van der Waals surface area contributed by atoms with Crippen LogP contribution in [-0.4, -0.2) is 29.0 Å². The first-order valence-corrected chi connectivity index (χ1v) is 8.56. The standard InChI is InChI=1S/C19H23N3/c1-20-16-7-8-18-17(12-16)15(13-21-18)11-14-5-4-6-19(14)22-9-2-3-10-22/h7-8,12-14,19,21H,2-6,9-11H2. The van der Waals surface area contributed by atoms with Crippen LogP contribution in [0, 0.1) is 12.5 Å². The maximum Gasteiger partial charge on any atom is 0.187 e. The summed E-state index contributed by atoms with van der Waals surface area (Å²) in [5.74, 6) is 0.786. The molecule has 2 heterocycles. The Labute approximate surface area is 132 Å². The Hall–Kier alpha value is -1.79. The quantitative estimate of drug-likeness (QED) is 0.826. The molecule has 2 aliphatic rings. The highest BCUT2D eigenvalue weighted by atomic mass is 15.2. The number of hydrogen-bond acceptors (Lipinski definition) is 1. The van der Waals surface area contributed by atoms with E-state index in [2.05, 4.69) is 20.9 Å². The van der Waals surface area contributed by atoms with Gasteiger partial charge in [0.2, 0.25) is 0 Å². The molecule has 2 atom stereocenters. The molecule has 0 spiro atoms. The van der Waals surface area contributed by atoms with Gasteiger partial charge in [-0.15, -0.1) is 0 Å². The third-order valence-electron chi connectivity index (χ3n) is 5.59. The van der Waals surface area contributed by atoms with Crippen molar-refractivity contribution in [1.82, 2.24) is 9.88 Å². The Morgan fingerprint density at radius 1 is 1.18 bits per heavy atom. The summed E-state index contributed by atoms with van der Waals surface area (Å²) in [5.41, 5.74) is 3.31. The second kappa shape index (κ2) is 5.78. The fourth-order valence-corrected chi connectivity index (χ4v) is 4.50. The Kier molecular flexibility index (Phi) is 3.63. The SMILES string of the molecule is [C-]#[N+]c1ccc2[nH]cc(CC3CCCC3N3CCCC3)c2c1. The van der Waals surface area contributed by atoms with Crippen LogP contribution in [0.25, 0.3) is 15.7 Å². The lowest BCUT2D eigenvalue weighted by molar-refractivity contribution is 0.196. The van der Waals surface area contributed by atoms with Gasteiger partial charge in [-0.25, -0.2) is 4.85 Å². The van der Waals surface area contributed by atoms with Crippen LogP contribution in [0.15, 0.2) is 24.4 Å². The molecule has 1 aliphatic heterocycles. The van der Waals surface area contributed by atoms with E-state index in [1.165, 1.54) is 56.1 Å². The first-order valence-electron chi connectivity index (χ1n) is 8.56. The minimum Gasteiger partial charge on any atom is -0.361 e. The molecule has 1 saturated heterocycles.